The molecule has 0 radical (unpaired) electrons. The molecule has 0 heterocycles. The van der Waals surface area contributed by atoms with Gasteiger partial charge in [-0.25, -0.2) is 0 Å². The molecule has 4 nitrogen and oxygen atoms in total. The molecule has 0 bridgehead atoms. The quantitative estimate of drug-likeness (QED) is 0.203. The second kappa shape index (κ2) is 10.6. The van der Waals surface area contributed by atoms with Crippen molar-refractivity contribution in [1.82, 2.24) is 0 Å². The first-order valence-electron chi connectivity index (χ1n) is 9.51. The lowest BCUT2D eigenvalue weighted by Crippen LogP contribution is -2.14. The number of nitrogens with zero attached hydrogens (tertiary/aromatic N) is 1. The first-order chi connectivity index (χ1) is 14.9. The molecule has 0 fully saturated rings. The largest absolute Gasteiger partial charge is 0.496 e. The number of methoxy groups -OCH3 is 1. The van der Waals surface area contributed by atoms with Crippen LogP contribution in [-0.4, -0.2) is 13.0 Å². The van der Waals surface area contributed by atoms with Crippen LogP contribution in [0.4, 0.5) is 5.69 Å². The van der Waals surface area contributed by atoms with Crippen LogP contribution < -0.4 is 10.1 Å². The number of anilines is 1. The summed E-state index contributed by atoms with van der Waals surface area (Å²) in [5.74, 6) is 0.272. The predicted octanol–water partition coefficient (Wildman–Crippen LogP) is 6.51. The first-order valence-corrected chi connectivity index (χ1v) is 11.4. The van der Waals surface area contributed by atoms with Crippen molar-refractivity contribution in [2.75, 3.05) is 12.4 Å². The average Bonchev–Trinajstić information content (AvgIpc) is 2.76. The predicted molar refractivity (Wildman–Crippen MR) is 136 cm³/mol. The molecule has 156 valence electrons. The number of carbonyl (C=O) groups excluding carboxylic acids is 1. The number of ether oxygens (including phenoxy) is 1. The minimum Gasteiger partial charge on any atom is -0.496 e. The van der Waals surface area contributed by atoms with Gasteiger partial charge in [-0.3, -0.25) is 4.79 Å². The zero-order chi connectivity index (χ0) is 22.4. The number of benzene rings is 3. The summed E-state index contributed by atoms with van der Waals surface area (Å²) in [4.78, 5) is 12.6. The molecule has 0 aliphatic carbocycles. The van der Waals surface area contributed by atoms with Gasteiger partial charge in [0.2, 0.25) is 0 Å². The van der Waals surface area contributed by atoms with Crippen molar-refractivity contribution < 1.29 is 9.53 Å². The second-order valence-corrected chi connectivity index (χ2v) is 8.91. The van der Waals surface area contributed by atoms with Gasteiger partial charge in [0, 0.05) is 25.7 Å². The van der Waals surface area contributed by atoms with Crippen molar-refractivity contribution >= 4 is 56.2 Å². The summed E-state index contributed by atoms with van der Waals surface area (Å²) in [5.41, 5.74) is 4.58. The molecule has 0 aliphatic rings. The van der Waals surface area contributed by atoms with Crippen LogP contribution in [0.5, 0.6) is 5.75 Å². The number of carbonyl (C=O) groups is 1. The van der Waals surface area contributed by atoms with Gasteiger partial charge in [0.15, 0.2) is 0 Å². The van der Waals surface area contributed by atoms with Gasteiger partial charge in [-0.1, -0.05) is 52.3 Å². The Labute approximate surface area is 204 Å². The third-order valence-corrected chi connectivity index (χ3v) is 6.53. The molecule has 1 amide bonds. The van der Waals surface area contributed by atoms with E-state index in [0.29, 0.717) is 17.9 Å². The van der Waals surface area contributed by atoms with Crippen molar-refractivity contribution in [3.05, 3.63) is 96.5 Å². The Morgan fingerprint density at radius 2 is 1.90 bits per heavy atom. The number of aryl methyl sites for hydroxylation is 1. The van der Waals surface area contributed by atoms with Crippen molar-refractivity contribution in [3.63, 3.8) is 0 Å². The zero-order valence-corrected chi connectivity index (χ0v) is 20.8. The van der Waals surface area contributed by atoms with E-state index in [1.54, 1.807) is 13.2 Å². The summed E-state index contributed by atoms with van der Waals surface area (Å²) in [6, 6.07) is 21.3. The normalized spacial score (nSPS) is 11.0. The number of hydrogen-bond donors (Lipinski definition) is 1. The highest BCUT2D eigenvalue weighted by Crippen LogP contribution is 2.31. The lowest BCUT2D eigenvalue weighted by atomic mass is 10.0. The number of para-hydroxylation sites is 1. The van der Waals surface area contributed by atoms with Crippen LogP contribution in [0.2, 0.25) is 0 Å². The maximum atomic E-state index is 12.6. The van der Waals surface area contributed by atoms with Gasteiger partial charge in [0.05, 0.1) is 7.11 Å². The van der Waals surface area contributed by atoms with Crippen molar-refractivity contribution in [1.29, 1.82) is 5.26 Å². The maximum absolute atomic E-state index is 12.6. The Balaban J connectivity index is 1.91. The zero-order valence-electron chi connectivity index (χ0n) is 17.1. The fourth-order valence-electron chi connectivity index (χ4n) is 3.12. The molecule has 0 saturated heterocycles. The molecule has 0 atom stereocenters. The lowest BCUT2D eigenvalue weighted by molar-refractivity contribution is -0.112. The molecule has 6 heteroatoms. The van der Waals surface area contributed by atoms with Gasteiger partial charge in [0.25, 0.3) is 5.91 Å². The monoisotopic (exact) mass is 586 g/mol. The maximum Gasteiger partial charge on any atom is 0.266 e. The molecule has 3 rings (SSSR count). The molecule has 0 spiro atoms. The molecule has 1 N–H and O–H groups in total. The molecule has 0 aromatic heterocycles. The summed E-state index contributed by atoms with van der Waals surface area (Å²) in [6.07, 6.45) is 2.28. The van der Waals surface area contributed by atoms with E-state index >= 15 is 0 Å². The van der Waals surface area contributed by atoms with E-state index in [1.807, 2.05) is 67.6 Å². The van der Waals surface area contributed by atoms with Crippen LogP contribution in [0, 0.1) is 21.8 Å². The number of nitrogens with one attached hydrogen (secondary N) is 1. The molecule has 3 aromatic carbocycles. The van der Waals surface area contributed by atoms with E-state index in [2.05, 4.69) is 49.9 Å². The van der Waals surface area contributed by atoms with Gasteiger partial charge >= 0.3 is 0 Å². The molecule has 3 aromatic rings. The molecular formula is C25H20BrIN2O2. The van der Waals surface area contributed by atoms with Gasteiger partial charge in [0.1, 0.15) is 17.4 Å². The van der Waals surface area contributed by atoms with E-state index < -0.39 is 5.91 Å². The van der Waals surface area contributed by atoms with E-state index in [1.165, 1.54) is 0 Å². The number of hydrogen-bond acceptors (Lipinski definition) is 3. The highest BCUT2D eigenvalue weighted by molar-refractivity contribution is 14.1. The Morgan fingerprint density at radius 1 is 1.19 bits per heavy atom. The summed E-state index contributed by atoms with van der Waals surface area (Å²) < 4.78 is 7.67. The van der Waals surface area contributed by atoms with E-state index in [4.69, 9.17) is 4.74 Å². The first kappa shape index (κ1) is 23.0. The lowest BCUT2D eigenvalue weighted by Gasteiger charge is -2.14. The van der Waals surface area contributed by atoms with Crippen molar-refractivity contribution in [3.8, 4) is 11.8 Å². The third-order valence-electron chi connectivity index (χ3n) is 4.79. The van der Waals surface area contributed by atoms with Gasteiger partial charge in [-0.2, -0.15) is 5.26 Å². The SMILES string of the molecule is COc1cc(/C=C(\C#N)C(=O)Nc2ccccc2C)cc(I)c1Cc1ccccc1Br. The van der Waals surface area contributed by atoms with Crippen LogP contribution >= 0.6 is 38.5 Å². The van der Waals surface area contributed by atoms with Gasteiger partial charge in [-0.15, -0.1) is 0 Å². The second-order valence-electron chi connectivity index (χ2n) is 6.89. The standard InChI is InChI=1S/C25H20BrIN2O2/c1-16-7-3-6-10-23(16)29-25(30)19(15-28)11-17-12-22(27)20(24(13-17)31-2)14-18-8-4-5-9-21(18)26/h3-13H,14H2,1-2H3,(H,29,30)/b19-11+. The number of nitriles is 1. The Bertz CT molecular complexity index is 1200. The van der Waals surface area contributed by atoms with Crippen LogP contribution in [0.3, 0.4) is 0 Å². The average molecular weight is 587 g/mol. The van der Waals surface area contributed by atoms with Crippen LogP contribution in [0.25, 0.3) is 6.08 Å². The third kappa shape index (κ3) is 5.75. The van der Waals surface area contributed by atoms with Crippen molar-refractivity contribution in [2.24, 2.45) is 0 Å². The van der Waals surface area contributed by atoms with Crippen LogP contribution in [0.1, 0.15) is 22.3 Å². The van der Waals surface area contributed by atoms with Gasteiger partial charge < -0.3 is 10.1 Å². The minimum absolute atomic E-state index is 0.0275. The van der Waals surface area contributed by atoms with Gasteiger partial charge in [-0.05, 0) is 76.5 Å². The fraction of sp³-hybridized carbons (Fsp3) is 0.120. The van der Waals surface area contributed by atoms with E-state index in [0.717, 1.165) is 30.3 Å². The Morgan fingerprint density at radius 3 is 2.58 bits per heavy atom. The number of amides is 1. The molecular weight excluding hydrogens is 567 g/mol. The fourth-order valence-corrected chi connectivity index (χ4v) is 4.36. The minimum atomic E-state index is -0.442. The summed E-state index contributed by atoms with van der Waals surface area (Å²) in [7, 11) is 1.62. The van der Waals surface area contributed by atoms with E-state index in [-0.39, 0.29) is 5.57 Å². The molecule has 0 unspecified atom stereocenters. The van der Waals surface area contributed by atoms with Crippen LogP contribution in [-0.2, 0) is 11.2 Å². The van der Waals surface area contributed by atoms with Crippen LogP contribution in [0.15, 0.2) is 70.7 Å². The molecule has 0 aliphatic heterocycles. The smallest absolute Gasteiger partial charge is 0.266 e. The summed E-state index contributed by atoms with van der Waals surface area (Å²) in [6.45, 7) is 1.91. The number of rotatable bonds is 6. The van der Waals surface area contributed by atoms with Crippen molar-refractivity contribution in [2.45, 2.75) is 13.3 Å². The Kier molecular flexibility index (Phi) is 7.88. The summed E-state index contributed by atoms with van der Waals surface area (Å²) in [5, 5.41) is 12.4. The highest BCUT2D eigenvalue weighted by Gasteiger charge is 2.15. The topological polar surface area (TPSA) is 62.1 Å². The molecule has 0 saturated carbocycles. The Hall–Kier alpha value is -2.63. The summed E-state index contributed by atoms with van der Waals surface area (Å²) >= 11 is 5.86. The highest BCUT2D eigenvalue weighted by atomic mass is 127. The molecule has 31 heavy (non-hydrogen) atoms. The van der Waals surface area contributed by atoms with E-state index in [9.17, 15) is 10.1 Å². The number of halogens is 2.